The summed E-state index contributed by atoms with van der Waals surface area (Å²) >= 11 is 0. The maximum atomic E-state index is 10.5. The minimum absolute atomic E-state index is 0.0383. The van der Waals surface area contributed by atoms with Crippen LogP contribution in [0.25, 0.3) is 45.0 Å². The van der Waals surface area contributed by atoms with Crippen LogP contribution in [0.5, 0.6) is 11.5 Å². The van der Waals surface area contributed by atoms with E-state index in [4.69, 9.17) is 0 Å². The lowest BCUT2D eigenvalue weighted by Crippen LogP contribution is -1.85. The molecule has 3 aromatic carbocycles. The van der Waals surface area contributed by atoms with Crippen molar-refractivity contribution in [1.29, 1.82) is 0 Å². The van der Waals surface area contributed by atoms with Crippen LogP contribution in [0.1, 0.15) is 11.1 Å². The Bertz CT molecular complexity index is 1290. The van der Waals surface area contributed by atoms with Crippen molar-refractivity contribution >= 4 is 0 Å². The van der Waals surface area contributed by atoms with Gasteiger partial charge in [0.05, 0.1) is 22.8 Å². The summed E-state index contributed by atoms with van der Waals surface area (Å²) in [5.74, 6) is -0.0766. The van der Waals surface area contributed by atoms with Gasteiger partial charge in [-0.25, -0.2) is 0 Å². The molecule has 158 valence electrons. The fourth-order valence-electron chi connectivity index (χ4n) is 3.67. The summed E-state index contributed by atoms with van der Waals surface area (Å²) in [6.07, 6.45) is 0. The van der Waals surface area contributed by atoms with E-state index in [1.807, 2.05) is 74.5 Å². The summed E-state index contributed by atoms with van der Waals surface area (Å²) in [5.41, 5.74) is 8.24. The third-order valence-corrected chi connectivity index (χ3v) is 5.54. The summed E-state index contributed by atoms with van der Waals surface area (Å²) in [6.45, 7) is 4.07. The van der Waals surface area contributed by atoms with Gasteiger partial charge in [0.25, 0.3) is 0 Å². The fraction of sp³-hybridized carbons (Fsp3) is 0.0769. The van der Waals surface area contributed by atoms with E-state index >= 15 is 0 Å². The fourth-order valence-corrected chi connectivity index (χ4v) is 3.67. The molecule has 0 saturated heterocycles. The molecule has 0 spiro atoms. The number of aromatic nitrogens is 4. The van der Waals surface area contributed by atoms with E-state index in [1.54, 1.807) is 6.07 Å². The molecular formula is C26H22N4O2. The normalized spacial score (nSPS) is 11.1. The summed E-state index contributed by atoms with van der Waals surface area (Å²) in [6, 6.07) is 23.0. The molecule has 0 fully saturated rings. The molecule has 32 heavy (non-hydrogen) atoms. The maximum Gasteiger partial charge on any atom is 0.128 e. The number of rotatable bonds is 4. The van der Waals surface area contributed by atoms with Crippen molar-refractivity contribution in [2.75, 3.05) is 0 Å². The van der Waals surface area contributed by atoms with Crippen molar-refractivity contribution in [3.8, 4) is 56.5 Å². The standard InChI is InChI=1S/C26H22N4O2/c1-15-3-7-17(8-4-15)21-12-23(29-27-21)19-11-20(26(32)14-25(19)31)24-13-22(28-30-24)18-9-5-16(2)6-10-18/h3-14,31-32H,1-2H3,(H,27,29)(H,28,30). The minimum atomic E-state index is -0.0383. The lowest BCUT2D eigenvalue weighted by Gasteiger charge is -2.07. The topological polar surface area (TPSA) is 97.8 Å². The van der Waals surface area contributed by atoms with Gasteiger partial charge in [-0.2, -0.15) is 10.2 Å². The van der Waals surface area contributed by atoms with E-state index in [0.717, 1.165) is 22.5 Å². The molecule has 5 rings (SSSR count). The highest BCUT2D eigenvalue weighted by molar-refractivity contribution is 5.81. The number of benzene rings is 3. The first-order chi connectivity index (χ1) is 15.5. The zero-order valence-corrected chi connectivity index (χ0v) is 17.7. The highest BCUT2D eigenvalue weighted by Crippen LogP contribution is 2.40. The van der Waals surface area contributed by atoms with Crippen LogP contribution in [0, 0.1) is 13.8 Å². The second-order valence-electron chi connectivity index (χ2n) is 7.95. The Morgan fingerprint density at radius 2 is 0.969 bits per heavy atom. The van der Waals surface area contributed by atoms with Crippen molar-refractivity contribution < 1.29 is 10.2 Å². The molecule has 0 aliphatic rings. The van der Waals surface area contributed by atoms with E-state index < -0.39 is 0 Å². The second-order valence-corrected chi connectivity index (χ2v) is 7.95. The smallest absolute Gasteiger partial charge is 0.128 e. The van der Waals surface area contributed by atoms with E-state index in [9.17, 15) is 10.2 Å². The predicted octanol–water partition coefficient (Wildman–Crippen LogP) is 5.83. The summed E-state index contributed by atoms with van der Waals surface area (Å²) in [5, 5.41) is 35.8. The molecule has 0 unspecified atom stereocenters. The molecule has 0 bridgehead atoms. The largest absolute Gasteiger partial charge is 0.507 e. The number of aromatic amines is 2. The lowest BCUT2D eigenvalue weighted by molar-refractivity contribution is 0.453. The van der Waals surface area contributed by atoms with Gasteiger partial charge in [-0.05, 0) is 32.0 Å². The minimum Gasteiger partial charge on any atom is -0.507 e. The third kappa shape index (κ3) is 3.63. The quantitative estimate of drug-likeness (QED) is 0.293. The van der Waals surface area contributed by atoms with Gasteiger partial charge in [0.15, 0.2) is 0 Å². The van der Waals surface area contributed by atoms with Gasteiger partial charge in [0, 0.05) is 28.3 Å². The summed E-state index contributed by atoms with van der Waals surface area (Å²) < 4.78 is 0. The van der Waals surface area contributed by atoms with Gasteiger partial charge in [0.2, 0.25) is 0 Å². The van der Waals surface area contributed by atoms with Gasteiger partial charge in [-0.15, -0.1) is 0 Å². The van der Waals surface area contributed by atoms with Crippen LogP contribution in [-0.2, 0) is 0 Å². The van der Waals surface area contributed by atoms with Crippen molar-refractivity contribution in [3.05, 3.63) is 83.9 Å². The summed E-state index contributed by atoms with van der Waals surface area (Å²) in [4.78, 5) is 0. The molecule has 4 N–H and O–H groups in total. The number of phenols is 2. The Morgan fingerprint density at radius 1 is 0.562 bits per heavy atom. The van der Waals surface area contributed by atoms with E-state index in [0.29, 0.717) is 22.5 Å². The Kier molecular flexibility index (Phi) is 4.75. The van der Waals surface area contributed by atoms with Crippen LogP contribution in [0.15, 0.2) is 72.8 Å². The average molecular weight is 422 g/mol. The number of aromatic hydroxyl groups is 2. The molecule has 0 atom stereocenters. The Morgan fingerprint density at radius 3 is 1.38 bits per heavy atom. The first kappa shape index (κ1) is 19.6. The predicted molar refractivity (Wildman–Crippen MR) is 125 cm³/mol. The zero-order chi connectivity index (χ0) is 22.2. The van der Waals surface area contributed by atoms with Crippen LogP contribution in [0.2, 0.25) is 0 Å². The molecule has 2 heterocycles. The van der Waals surface area contributed by atoms with E-state index in [1.165, 1.54) is 17.2 Å². The molecule has 0 aliphatic heterocycles. The molecule has 0 saturated carbocycles. The van der Waals surface area contributed by atoms with Crippen molar-refractivity contribution in [1.82, 2.24) is 20.4 Å². The molecule has 2 aromatic heterocycles. The van der Waals surface area contributed by atoms with Gasteiger partial charge < -0.3 is 10.2 Å². The highest BCUT2D eigenvalue weighted by Gasteiger charge is 2.16. The first-order valence-electron chi connectivity index (χ1n) is 10.3. The highest BCUT2D eigenvalue weighted by atomic mass is 16.3. The van der Waals surface area contributed by atoms with Crippen LogP contribution in [-0.4, -0.2) is 30.6 Å². The lowest BCUT2D eigenvalue weighted by atomic mass is 10.0. The summed E-state index contributed by atoms with van der Waals surface area (Å²) in [7, 11) is 0. The molecule has 5 aromatic rings. The van der Waals surface area contributed by atoms with E-state index in [2.05, 4.69) is 20.4 Å². The number of nitrogens with one attached hydrogen (secondary N) is 2. The van der Waals surface area contributed by atoms with Crippen molar-refractivity contribution in [3.63, 3.8) is 0 Å². The van der Waals surface area contributed by atoms with Gasteiger partial charge >= 0.3 is 0 Å². The number of phenolic OH excluding ortho intramolecular Hbond substituents is 2. The van der Waals surface area contributed by atoms with Crippen LogP contribution >= 0.6 is 0 Å². The van der Waals surface area contributed by atoms with Gasteiger partial charge in [0.1, 0.15) is 11.5 Å². The second kappa shape index (κ2) is 7.74. The number of aryl methyl sites for hydroxylation is 2. The first-order valence-corrected chi connectivity index (χ1v) is 10.3. The number of hydrogen-bond acceptors (Lipinski definition) is 4. The van der Waals surface area contributed by atoms with Crippen LogP contribution < -0.4 is 0 Å². The molecule has 0 aliphatic carbocycles. The number of nitrogens with zero attached hydrogens (tertiary/aromatic N) is 2. The average Bonchev–Trinajstić information content (AvgIpc) is 3.45. The van der Waals surface area contributed by atoms with Crippen molar-refractivity contribution in [2.24, 2.45) is 0 Å². The molecule has 0 radical (unpaired) electrons. The third-order valence-electron chi connectivity index (χ3n) is 5.54. The van der Waals surface area contributed by atoms with Crippen LogP contribution in [0.3, 0.4) is 0 Å². The number of hydrogen-bond donors (Lipinski definition) is 4. The van der Waals surface area contributed by atoms with E-state index in [-0.39, 0.29) is 11.5 Å². The SMILES string of the molecule is Cc1ccc(-c2cc(-c3cc(-c4cc(-c5ccc(C)cc5)n[nH]4)c(O)cc3O)[nH]n2)cc1. The Balaban J connectivity index is 1.52. The van der Waals surface area contributed by atoms with Crippen molar-refractivity contribution in [2.45, 2.75) is 13.8 Å². The monoisotopic (exact) mass is 422 g/mol. The molecule has 0 amide bonds. The Labute approximate surface area is 185 Å². The number of H-pyrrole nitrogens is 2. The molecular weight excluding hydrogens is 400 g/mol. The molecule has 6 nitrogen and oxygen atoms in total. The van der Waals surface area contributed by atoms with Gasteiger partial charge in [-0.1, -0.05) is 59.7 Å². The molecule has 6 heteroatoms. The Hall–Kier alpha value is -4.32. The zero-order valence-electron chi connectivity index (χ0n) is 17.7. The van der Waals surface area contributed by atoms with Crippen LogP contribution in [0.4, 0.5) is 0 Å². The van der Waals surface area contributed by atoms with Gasteiger partial charge in [-0.3, -0.25) is 10.2 Å². The maximum absolute atomic E-state index is 10.5.